The molecule has 10 aromatic rings. The molecule has 6 aromatic carbocycles. The molecule has 382 valence electrons. The van der Waals surface area contributed by atoms with Gasteiger partial charge in [0, 0.05) is 54.6 Å². The van der Waals surface area contributed by atoms with Gasteiger partial charge in [0.25, 0.3) is 0 Å². The van der Waals surface area contributed by atoms with Crippen LogP contribution in [-0.4, -0.2) is 27.5 Å². The van der Waals surface area contributed by atoms with Crippen LogP contribution >= 0.6 is 22.7 Å². The van der Waals surface area contributed by atoms with Crippen LogP contribution in [0.25, 0.3) is 75.9 Å². The number of halogens is 2. The van der Waals surface area contributed by atoms with Crippen molar-refractivity contribution in [3.05, 3.63) is 159 Å². The highest BCUT2D eigenvalue weighted by Gasteiger charge is 2.27. The number of benzene rings is 6. The molecule has 0 saturated carbocycles. The number of rotatable bonds is 11. The summed E-state index contributed by atoms with van der Waals surface area (Å²) in [6, 6.07) is 36.1. The van der Waals surface area contributed by atoms with E-state index in [1.165, 1.54) is 62.6 Å². The van der Waals surface area contributed by atoms with E-state index in [2.05, 4.69) is 177 Å². The van der Waals surface area contributed by atoms with E-state index in [0.29, 0.717) is 59.2 Å². The number of hydrogen-bond donors (Lipinski definition) is 1. The standard InChI is InChI=1S/C65H68F2N2O3S2/c1-38-51(36-73-60(38)68-53-22-16-39(62(2,3)4)30-45(53)46-31-40(63(5,6)7)17-23-54(46)68)49-34-43(66)20-26-57(49)71-28-14-15-29-72-58-27-21-44(67)35-50(58)52-37-74-61(59(52)70)69-55-24-18-41(64(8,9)10)32-47(55)48-33-42(65(11,12)13)19-25-56(48)69/h16-27,30-37,70H,14-15,28-29H2,1-13H3. The van der Waals surface area contributed by atoms with Crippen LogP contribution < -0.4 is 9.47 Å². The Hall–Kier alpha value is -6.42. The van der Waals surface area contributed by atoms with Gasteiger partial charge in [0.1, 0.15) is 33.1 Å². The van der Waals surface area contributed by atoms with Crippen LogP contribution in [0.15, 0.2) is 120 Å². The third-order valence-corrected chi connectivity index (χ3v) is 16.7. The number of aromatic nitrogens is 2. The lowest BCUT2D eigenvalue weighted by Crippen LogP contribution is -2.10. The molecule has 10 rings (SSSR count). The fourth-order valence-corrected chi connectivity index (χ4v) is 12.3. The summed E-state index contributed by atoms with van der Waals surface area (Å²) >= 11 is 3.08. The van der Waals surface area contributed by atoms with Crippen molar-refractivity contribution in [1.82, 2.24) is 9.13 Å². The third-order valence-electron chi connectivity index (χ3n) is 14.7. The first kappa shape index (κ1) is 51.1. The Labute approximate surface area is 443 Å². The molecule has 5 nitrogen and oxygen atoms in total. The maximum absolute atomic E-state index is 15.2. The Morgan fingerprint density at radius 3 is 1.15 bits per heavy atom. The van der Waals surface area contributed by atoms with E-state index in [0.717, 1.165) is 49.0 Å². The van der Waals surface area contributed by atoms with Crippen molar-refractivity contribution in [3.63, 3.8) is 0 Å². The van der Waals surface area contributed by atoms with Gasteiger partial charge in [-0.15, -0.1) is 22.7 Å². The molecule has 0 bridgehead atoms. The first-order valence-electron chi connectivity index (χ1n) is 25.8. The molecule has 1 N–H and O–H groups in total. The van der Waals surface area contributed by atoms with Crippen molar-refractivity contribution < 1.29 is 23.4 Å². The van der Waals surface area contributed by atoms with E-state index >= 15 is 8.78 Å². The van der Waals surface area contributed by atoms with Gasteiger partial charge in [-0.1, -0.05) is 107 Å². The second-order valence-corrected chi connectivity index (χ2v) is 25.9. The highest BCUT2D eigenvalue weighted by Crippen LogP contribution is 2.48. The molecule has 74 heavy (non-hydrogen) atoms. The Balaban J connectivity index is 0.877. The molecule has 0 amide bonds. The van der Waals surface area contributed by atoms with E-state index in [1.54, 1.807) is 29.5 Å². The van der Waals surface area contributed by atoms with Crippen LogP contribution in [0, 0.1) is 18.6 Å². The molecule has 0 aliphatic carbocycles. The number of ether oxygens (including phenoxy) is 2. The number of hydrogen-bond acceptors (Lipinski definition) is 5. The Kier molecular flexibility index (Phi) is 12.9. The van der Waals surface area contributed by atoms with Crippen molar-refractivity contribution in [3.8, 4) is 49.5 Å². The molecule has 0 spiro atoms. The van der Waals surface area contributed by atoms with Crippen LogP contribution in [0.3, 0.4) is 0 Å². The van der Waals surface area contributed by atoms with Gasteiger partial charge < -0.3 is 19.1 Å². The Bertz CT molecular complexity index is 3390. The smallest absolute Gasteiger partial charge is 0.158 e. The fourth-order valence-electron chi connectivity index (χ4n) is 10.2. The molecule has 0 radical (unpaired) electrons. The predicted molar refractivity (Wildman–Crippen MR) is 310 cm³/mol. The monoisotopic (exact) mass is 1030 g/mol. The number of fused-ring (bicyclic) bond motifs is 6. The molecular formula is C65H68F2N2O3S2. The Morgan fingerprint density at radius 1 is 0.432 bits per heavy atom. The van der Waals surface area contributed by atoms with Crippen LogP contribution in [-0.2, 0) is 21.7 Å². The molecule has 0 saturated heterocycles. The quantitative estimate of drug-likeness (QED) is 0.131. The molecule has 0 aliphatic rings. The maximum Gasteiger partial charge on any atom is 0.158 e. The first-order valence-corrected chi connectivity index (χ1v) is 27.6. The Morgan fingerprint density at radius 2 is 0.770 bits per heavy atom. The van der Waals surface area contributed by atoms with Crippen molar-refractivity contribution in [2.24, 2.45) is 0 Å². The molecule has 0 unspecified atom stereocenters. The van der Waals surface area contributed by atoms with Gasteiger partial charge in [-0.2, -0.15) is 0 Å². The van der Waals surface area contributed by atoms with E-state index in [1.807, 2.05) is 5.38 Å². The summed E-state index contributed by atoms with van der Waals surface area (Å²) in [5, 5.41) is 22.6. The zero-order valence-electron chi connectivity index (χ0n) is 45.1. The first-order chi connectivity index (χ1) is 34.9. The number of unbranched alkanes of at least 4 members (excludes halogenated alkanes) is 1. The topological polar surface area (TPSA) is 48.6 Å². The van der Waals surface area contributed by atoms with Gasteiger partial charge in [0.05, 0.1) is 35.3 Å². The lowest BCUT2D eigenvalue weighted by atomic mass is 9.85. The summed E-state index contributed by atoms with van der Waals surface area (Å²) in [6.07, 6.45) is 1.30. The van der Waals surface area contributed by atoms with Crippen molar-refractivity contribution in [2.45, 2.75) is 125 Å². The van der Waals surface area contributed by atoms with E-state index < -0.39 is 5.82 Å². The summed E-state index contributed by atoms with van der Waals surface area (Å²) in [7, 11) is 0. The molecule has 9 heteroatoms. The minimum atomic E-state index is -0.420. The molecule has 4 heterocycles. The summed E-state index contributed by atoms with van der Waals surface area (Å²) < 4.78 is 47.6. The maximum atomic E-state index is 15.2. The summed E-state index contributed by atoms with van der Waals surface area (Å²) in [5.74, 6) is 0.420. The van der Waals surface area contributed by atoms with E-state index in [-0.39, 0.29) is 33.2 Å². The molecule has 0 atom stereocenters. The third kappa shape index (κ3) is 9.40. The van der Waals surface area contributed by atoms with Gasteiger partial charge in [-0.05, 0) is 154 Å². The summed E-state index contributed by atoms with van der Waals surface area (Å²) in [6.45, 7) is 29.7. The van der Waals surface area contributed by atoms with Gasteiger partial charge in [-0.25, -0.2) is 8.78 Å². The van der Waals surface area contributed by atoms with Crippen molar-refractivity contribution in [1.29, 1.82) is 0 Å². The second kappa shape index (κ2) is 18.7. The fraction of sp³-hybridized carbons (Fsp3) is 0.323. The number of thiophene rings is 2. The lowest BCUT2D eigenvalue weighted by Gasteiger charge is -2.19. The summed E-state index contributed by atoms with van der Waals surface area (Å²) in [4.78, 5) is 0. The minimum Gasteiger partial charge on any atom is -0.504 e. The molecule has 4 aromatic heterocycles. The SMILES string of the molecule is Cc1c(-c2cc(F)ccc2OCCCCOc2ccc(F)cc2-c2csc(-n3c4ccc(C(C)(C)C)cc4c4cc(C(C)(C)C)ccc43)c2O)csc1-n1c2ccc(C(C)(C)C)cc2c2cc(C(C)(C)C)ccc21. The number of aromatic hydroxyl groups is 1. The van der Waals surface area contributed by atoms with Gasteiger partial charge in [-0.3, -0.25) is 4.57 Å². The van der Waals surface area contributed by atoms with Gasteiger partial charge >= 0.3 is 0 Å². The average Bonchev–Trinajstić information content (AvgIpc) is 4.08. The zero-order chi connectivity index (χ0) is 52.8. The lowest BCUT2D eigenvalue weighted by molar-refractivity contribution is 0.267. The largest absolute Gasteiger partial charge is 0.504 e. The van der Waals surface area contributed by atoms with Gasteiger partial charge in [0.2, 0.25) is 0 Å². The zero-order valence-corrected chi connectivity index (χ0v) is 46.7. The van der Waals surface area contributed by atoms with Crippen LogP contribution in [0.2, 0.25) is 0 Å². The summed E-state index contributed by atoms with van der Waals surface area (Å²) in [5.41, 5.74) is 12.9. The molecular weight excluding hydrogens is 959 g/mol. The van der Waals surface area contributed by atoms with Crippen LogP contribution in [0.5, 0.6) is 17.2 Å². The molecule has 0 fully saturated rings. The highest BCUT2D eigenvalue weighted by atomic mass is 32.1. The van der Waals surface area contributed by atoms with Crippen molar-refractivity contribution in [2.75, 3.05) is 13.2 Å². The normalized spacial score (nSPS) is 12.8. The van der Waals surface area contributed by atoms with E-state index in [4.69, 9.17) is 9.47 Å². The second-order valence-electron chi connectivity index (χ2n) is 24.2. The number of nitrogens with zero attached hydrogens (tertiary/aromatic N) is 2. The van der Waals surface area contributed by atoms with Crippen molar-refractivity contribution >= 4 is 66.3 Å². The van der Waals surface area contributed by atoms with Crippen LogP contribution in [0.4, 0.5) is 8.78 Å². The highest BCUT2D eigenvalue weighted by molar-refractivity contribution is 7.13. The van der Waals surface area contributed by atoms with E-state index in [9.17, 15) is 5.11 Å². The van der Waals surface area contributed by atoms with Crippen LogP contribution in [0.1, 0.15) is 124 Å². The minimum absolute atomic E-state index is 0.00472. The molecule has 0 aliphatic heterocycles. The predicted octanol–water partition coefficient (Wildman–Crippen LogP) is 19.1. The van der Waals surface area contributed by atoms with Gasteiger partial charge in [0.15, 0.2) is 5.75 Å². The average molecular weight is 1030 g/mol.